The molecule has 1 fully saturated rings. The Kier molecular flexibility index (Phi) is 5.09. The van der Waals surface area contributed by atoms with Crippen molar-refractivity contribution in [2.24, 2.45) is 0 Å². The summed E-state index contributed by atoms with van der Waals surface area (Å²) in [6, 6.07) is 18.2. The summed E-state index contributed by atoms with van der Waals surface area (Å²) in [5, 5.41) is 13.4. The molecule has 134 valence electrons. The Hall–Kier alpha value is -2.50. The second-order valence-electron chi connectivity index (χ2n) is 6.78. The van der Waals surface area contributed by atoms with Gasteiger partial charge in [-0.05, 0) is 30.5 Å². The van der Waals surface area contributed by atoms with Gasteiger partial charge in [0, 0.05) is 12.1 Å². The maximum absolute atomic E-state index is 9.20. The number of nitrogens with zero attached hydrogens (tertiary/aromatic N) is 3. The van der Waals surface area contributed by atoms with Gasteiger partial charge in [0.05, 0.1) is 12.6 Å². The van der Waals surface area contributed by atoms with E-state index >= 15 is 0 Å². The van der Waals surface area contributed by atoms with Gasteiger partial charge in [0.2, 0.25) is 11.7 Å². The third-order valence-electron chi connectivity index (χ3n) is 4.96. The Bertz CT molecular complexity index is 830. The molecule has 26 heavy (non-hydrogen) atoms. The molecule has 0 aliphatic carbocycles. The Morgan fingerprint density at radius 3 is 2.54 bits per heavy atom. The molecule has 1 aliphatic rings. The fourth-order valence-corrected chi connectivity index (χ4v) is 3.52. The summed E-state index contributed by atoms with van der Waals surface area (Å²) in [4.78, 5) is 7.09. The fraction of sp³-hybridized carbons (Fsp3) is 0.333. The summed E-state index contributed by atoms with van der Waals surface area (Å²) in [6.45, 7) is 1.95. The third-order valence-corrected chi connectivity index (χ3v) is 4.96. The number of piperidine rings is 1. The smallest absolute Gasteiger partial charge is 0.244 e. The van der Waals surface area contributed by atoms with Gasteiger partial charge in [-0.25, -0.2) is 0 Å². The van der Waals surface area contributed by atoms with E-state index in [0.717, 1.165) is 30.6 Å². The molecule has 1 aromatic heterocycles. The number of benzene rings is 2. The molecule has 5 nitrogen and oxygen atoms in total. The number of likely N-dealkylation sites (tertiary alicyclic amines) is 1. The van der Waals surface area contributed by atoms with Crippen molar-refractivity contribution in [1.29, 1.82) is 0 Å². The molecule has 1 unspecified atom stereocenters. The highest BCUT2D eigenvalue weighted by Gasteiger charge is 2.29. The van der Waals surface area contributed by atoms with E-state index in [0.29, 0.717) is 11.7 Å². The molecule has 4 rings (SSSR count). The summed E-state index contributed by atoms with van der Waals surface area (Å²) in [6.07, 6.45) is 3.39. The summed E-state index contributed by atoms with van der Waals surface area (Å²) >= 11 is 0. The van der Waals surface area contributed by atoms with Crippen LogP contribution in [0.5, 0.6) is 0 Å². The number of aromatic nitrogens is 2. The molecular formula is C21H23N3O2. The van der Waals surface area contributed by atoms with Crippen molar-refractivity contribution in [2.75, 3.05) is 6.54 Å². The van der Waals surface area contributed by atoms with Crippen LogP contribution in [0.4, 0.5) is 0 Å². The molecule has 2 aromatic carbocycles. The van der Waals surface area contributed by atoms with Crippen molar-refractivity contribution < 1.29 is 9.63 Å². The molecule has 0 saturated carbocycles. The molecule has 1 aliphatic heterocycles. The topological polar surface area (TPSA) is 62.4 Å². The average molecular weight is 349 g/mol. The van der Waals surface area contributed by atoms with Crippen LogP contribution in [0.3, 0.4) is 0 Å². The molecule has 5 heteroatoms. The summed E-state index contributed by atoms with van der Waals surface area (Å²) in [7, 11) is 0. The SMILES string of the molecule is OCc1ccc(CN2CCCCC2c2nc(-c3ccccc3)no2)cc1. The number of hydrogen-bond acceptors (Lipinski definition) is 5. The van der Waals surface area contributed by atoms with Gasteiger partial charge in [0.15, 0.2) is 0 Å². The first kappa shape index (κ1) is 16.9. The van der Waals surface area contributed by atoms with E-state index in [9.17, 15) is 5.11 Å². The molecule has 0 bridgehead atoms. The molecular weight excluding hydrogens is 326 g/mol. The highest BCUT2D eigenvalue weighted by molar-refractivity contribution is 5.53. The normalized spacial score (nSPS) is 18.1. The lowest BCUT2D eigenvalue weighted by molar-refractivity contribution is 0.111. The largest absolute Gasteiger partial charge is 0.392 e. The van der Waals surface area contributed by atoms with Crippen LogP contribution in [-0.2, 0) is 13.2 Å². The Labute approximate surface area is 153 Å². The molecule has 0 spiro atoms. The van der Waals surface area contributed by atoms with Crippen molar-refractivity contribution in [3.63, 3.8) is 0 Å². The van der Waals surface area contributed by atoms with Crippen LogP contribution in [0.1, 0.15) is 42.3 Å². The van der Waals surface area contributed by atoms with Crippen LogP contribution in [0.25, 0.3) is 11.4 Å². The van der Waals surface area contributed by atoms with Gasteiger partial charge in [-0.15, -0.1) is 0 Å². The van der Waals surface area contributed by atoms with Crippen LogP contribution in [0.2, 0.25) is 0 Å². The highest BCUT2D eigenvalue weighted by Crippen LogP contribution is 2.32. The van der Waals surface area contributed by atoms with Crippen molar-refractivity contribution >= 4 is 0 Å². The predicted octanol–water partition coefficient (Wildman–Crippen LogP) is 3.96. The van der Waals surface area contributed by atoms with Gasteiger partial charge < -0.3 is 9.63 Å². The van der Waals surface area contributed by atoms with Crippen LogP contribution in [-0.4, -0.2) is 26.7 Å². The highest BCUT2D eigenvalue weighted by atomic mass is 16.5. The minimum atomic E-state index is 0.0802. The zero-order valence-electron chi connectivity index (χ0n) is 14.7. The van der Waals surface area contributed by atoms with Crippen LogP contribution in [0, 0.1) is 0 Å². The van der Waals surface area contributed by atoms with Crippen LogP contribution >= 0.6 is 0 Å². The molecule has 0 amide bonds. The van der Waals surface area contributed by atoms with Gasteiger partial charge in [-0.2, -0.15) is 4.98 Å². The standard InChI is InChI=1S/C21H23N3O2/c25-15-17-11-9-16(10-12-17)14-24-13-5-4-8-19(24)21-22-20(23-26-21)18-6-2-1-3-7-18/h1-3,6-7,9-12,19,25H,4-5,8,13-15H2. The van der Waals surface area contributed by atoms with E-state index in [-0.39, 0.29) is 12.6 Å². The minimum Gasteiger partial charge on any atom is -0.392 e. The molecule has 0 radical (unpaired) electrons. The fourth-order valence-electron chi connectivity index (χ4n) is 3.52. The number of aliphatic hydroxyl groups is 1. The first-order valence-electron chi connectivity index (χ1n) is 9.15. The van der Waals surface area contributed by atoms with Gasteiger partial charge in [0.1, 0.15) is 0 Å². The quantitative estimate of drug-likeness (QED) is 0.755. The molecule has 1 atom stereocenters. The number of rotatable bonds is 5. The van der Waals surface area contributed by atoms with Crippen molar-refractivity contribution in [2.45, 2.75) is 38.5 Å². The van der Waals surface area contributed by atoms with Gasteiger partial charge >= 0.3 is 0 Å². The minimum absolute atomic E-state index is 0.0802. The Balaban J connectivity index is 1.53. The molecule has 1 N–H and O–H groups in total. The first-order valence-corrected chi connectivity index (χ1v) is 9.15. The monoisotopic (exact) mass is 349 g/mol. The molecule has 2 heterocycles. The molecule has 1 saturated heterocycles. The predicted molar refractivity (Wildman–Crippen MR) is 99.1 cm³/mol. The number of hydrogen-bond donors (Lipinski definition) is 1. The number of aliphatic hydroxyl groups excluding tert-OH is 1. The zero-order chi connectivity index (χ0) is 17.8. The van der Waals surface area contributed by atoms with E-state index in [1.807, 2.05) is 42.5 Å². The van der Waals surface area contributed by atoms with E-state index in [1.165, 1.54) is 18.4 Å². The van der Waals surface area contributed by atoms with Crippen molar-refractivity contribution in [3.8, 4) is 11.4 Å². The first-order chi connectivity index (χ1) is 12.8. The summed E-state index contributed by atoms with van der Waals surface area (Å²) in [5.41, 5.74) is 3.15. The lowest BCUT2D eigenvalue weighted by Gasteiger charge is -2.33. The summed E-state index contributed by atoms with van der Waals surface area (Å²) in [5.74, 6) is 1.36. The lowest BCUT2D eigenvalue weighted by atomic mass is 10.0. The Morgan fingerprint density at radius 2 is 1.77 bits per heavy atom. The second kappa shape index (κ2) is 7.81. The van der Waals surface area contributed by atoms with E-state index < -0.39 is 0 Å². The van der Waals surface area contributed by atoms with E-state index in [4.69, 9.17) is 4.52 Å². The van der Waals surface area contributed by atoms with Crippen molar-refractivity contribution in [3.05, 3.63) is 71.6 Å². The zero-order valence-corrected chi connectivity index (χ0v) is 14.7. The van der Waals surface area contributed by atoms with Crippen molar-refractivity contribution in [1.82, 2.24) is 15.0 Å². The van der Waals surface area contributed by atoms with E-state index in [1.54, 1.807) is 0 Å². The third kappa shape index (κ3) is 3.69. The average Bonchev–Trinajstić information content (AvgIpc) is 3.20. The van der Waals surface area contributed by atoms with Gasteiger partial charge in [-0.1, -0.05) is 66.2 Å². The van der Waals surface area contributed by atoms with E-state index in [2.05, 4.69) is 27.2 Å². The maximum Gasteiger partial charge on any atom is 0.244 e. The lowest BCUT2D eigenvalue weighted by Crippen LogP contribution is -2.33. The van der Waals surface area contributed by atoms with Crippen LogP contribution < -0.4 is 0 Å². The van der Waals surface area contributed by atoms with Gasteiger partial charge in [0.25, 0.3) is 0 Å². The van der Waals surface area contributed by atoms with Gasteiger partial charge in [-0.3, -0.25) is 4.90 Å². The molecule has 3 aromatic rings. The second-order valence-corrected chi connectivity index (χ2v) is 6.78. The van der Waals surface area contributed by atoms with Crippen LogP contribution in [0.15, 0.2) is 59.1 Å². The maximum atomic E-state index is 9.20. The Morgan fingerprint density at radius 1 is 1.00 bits per heavy atom. The summed E-state index contributed by atoms with van der Waals surface area (Å²) < 4.78 is 5.63.